The van der Waals surface area contributed by atoms with Gasteiger partial charge in [-0.15, -0.1) is 0 Å². The molecular formula is C16H17NO2. The number of fused-ring (bicyclic) bond motifs is 1. The number of para-hydroxylation sites is 1. The molecule has 0 spiro atoms. The lowest BCUT2D eigenvalue weighted by molar-refractivity contribution is 0.173. The third-order valence-electron chi connectivity index (χ3n) is 3.55. The Morgan fingerprint density at radius 1 is 1.05 bits per heavy atom. The SMILES string of the molecule is Cc1cccc(NCc2cccc3c2OCO3)c1C. The average molecular weight is 255 g/mol. The van der Waals surface area contributed by atoms with Gasteiger partial charge >= 0.3 is 0 Å². The lowest BCUT2D eigenvalue weighted by Gasteiger charge is -2.12. The number of hydrogen-bond acceptors (Lipinski definition) is 3. The Labute approximate surface area is 113 Å². The van der Waals surface area contributed by atoms with Crippen molar-refractivity contribution in [3.05, 3.63) is 53.1 Å². The highest BCUT2D eigenvalue weighted by Crippen LogP contribution is 2.35. The molecule has 0 aliphatic carbocycles. The molecule has 0 bridgehead atoms. The van der Waals surface area contributed by atoms with Crippen LogP contribution in [-0.2, 0) is 6.54 Å². The van der Waals surface area contributed by atoms with Crippen LogP contribution in [0.4, 0.5) is 5.69 Å². The minimum atomic E-state index is 0.315. The van der Waals surface area contributed by atoms with Gasteiger partial charge in [0.2, 0.25) is 6.79 Å². The molecule has 1 heterocycles. The van der Waals surface area contributed by atoms with Crippen LogP contribution < -0.4 is 14.8 Å². The number of aryl methyl sites for hydroxylation is 1. The van der Waals surface area contributed by atoms with Gasteiger partial charge in [-0.25, -0.2) is 0 Å². The van der Waals surface area contributed by atoms with Gasteiger partial charge in [0.1, 0.15) is 0 Å². The molecule has 3 heteroatoms. The van der Waals surface area contributed by atoms with Crippen molar-refractivity contribution in [3.63, 3.8) is 0 Å². The molecule has 0 aromatic heterocycles. The second-order valence-electron chi connectivity index (χ2n) is 4.75. The highest BCUT2D eigenvalue weighted by Gasteiger charge is 2.16. The van der Waals surface area contributed by atoms with Gasteiger partial charge in [-0.1, -0.05) is 24.3 Å². The maximum Gasteiger partial charge on any atom is 0.231 e. The van der Waals surface area contributed by atoms with E-state index in [1.165, 1.54) is 11.1 Å². The maximum absolute atomic E-state index is 5.51. The van der Waals surface area contributed by atoms with E-state index in [0.29, 0.717) is 6.79 Å². The van der Waals surface area contributed by atoms with Gasteiger partial charge in [-0.2, -0.15) is 0 Å². The van der Waals surface area contributed by atoms with Gasteiger partial charge in [-0.3, -0.25) is 0 Å². The van der Waals surface area contributed by atoms with E-state index < -0.39 is 0 Å². The average Bonchev–Trinajstić information content (AvgIpc) is 2.89. The Hall–Kier alpha value is -2.16. The van der Waals surface area contributed by atoms with E-state index in [4.69, 9.17) is 9.47 Å². The molecule has 0 radical (unpaired) electrons. The van der Waals surface area contributed by atoms with Crippen molar-refractivity contribution in [2.75, 3.05) is 12.1 Å². The van der Waals surface area contributed by atoms with E-state index in [1.807, 2.05) is 12.1 Å². The zero-order chi connectivity index (χ0) is 13.2. The zero-order valence-corrected chi connectivity index (χ0v) is 11.2. The van der Waals surface area contributed by atoms with Crippen molar-refractivity contribution in [1.82, 2.24) is 0 Å². The summed E-state index contributed by atoms with van der Waals surface area (Å²) in [6.45, 7) is 5.30. The quantitative estimate of drug-likeness (QED) is 0.908. The van der Waals surface area contributed by atoms with Crippen molar-refractivity contribution in [2.45, 2.75) is 20.4 Å². The van der Waals surface area contributed by atoms with Crippen molar-refractivity contribution >= 4 is 5.69 Å². The molecule has 0 saturated carbocycles. The van der Waals surface area contributed by atoms with E-state index in [0.717, 1.165) is 29.3 Å². The molecule has 19 heavy (non-hydrogen) atoms. The van der Waals surface area contributed by atoms with Crippen LogP contribution in [0.5, 0.6) is 11.5 Å². The fraction of sp³-hybridized carbons (Fsp3) is 0.250. The molecule has 1 aliphatic heterocycles. The fourth-order valence-electron chi connectivity index (χ4n) is 2.26. The molecule has 0 amide bonds. The van der Waals surface area contributed by atoms with Crippen LogP contribution >= 0.6 is 0 Å². The maximum atomic E-state index is 5.51. The van der Waals surface area contributed by atoms with E-state index in [9.17, 15) is 0 Å². The van der Waals surface area contributed by atoms with E-state index in [1.54, 1.807) is 0 Å². The first-order chi connectivity index (χ1) is 9.25. The molecule has 3 nitrogen and oxygen atoms in total. The Balaban J connectivity index is 1.80. The minimum Gasteiger partial charge on any atom is -0.454 e. The van der Waals surface area contributed by atoms with Crippen LogP contribution in [0, 0.1) is 13.8 Å². The first-order valence-corrected chi connectivity index (χ1v) is 6.43. The first kappa shape index (κ1) is 11.9. The zero-order valence-electron chi connectivity index (χ0n) is 11.2. The molecular weight excluding hydrogens is 238 g/mol. The second kappa shape index (κ2) is 4.84. The number of rotatable bonds is 3. The molecule has 2 aromatic rings. The highest BCUT2D eigenvalue weighted by molar-refractivity contribution is 5.55. The van der Waals surface area contributed by atoms with Crippen LogP contribution in [-0.4, -0.2) is 6.79 Å². The van der Waals surface area contributed by atoms with E-state index >= 15 is 0 Å². The Morgan fingerprint density at radius 3 is 2.79 bits per heavy atom. The van der Waals surface area contributed by atoms with Gasteiger partial charge in [0.25, 0.3) is 0 Å². The third-order valence-corrected chi connectivity index (χ3v) is 3.55. The standard InChI is InChI=1S/C16H17NO2/c1-11-5-3-7-14(12(11)2)17-9-13-6-4-8-15-16(13)19-10-18-15/h3-8,17H,9-10H2,1-2H3. The number of nitrogens with one attached hydrogen (secondary N) is 1. The Kier molecular flexibility index (Phi) is 3.03. The van der Waals surface area contributed by atoms with Crippen molar-refractivity contribution < 1.29 is 9.47 Å². The number of hydrogen-bond donors (Lipinski definition) is 1. The van der Waals surface area contributed by atoms with E-state index in [-0.39, 0.29) is 0 Å². The number of benzene rings is 2. The van der Waals surface area contributed by atoms with E-state index in [2.05, 4.69) is 43.4 Å². The summed E-state index contributed by atoms with van der Waals surface area (Å²) in [7, 11) is 0. The molecule has 0 saturated heterocycles. The van der Waals surface area contributed by atoms with Gasteiger partial charge in [0.05, 0.1) is 0 Å². The summed E-state index contributed by atoms with van der Waals surface area (Å²) in [6, 6.07) is 12.3. The first-order valence-electron chi connectivity index (χ1n) is 6.43. The van der Waals surface area contributed by atoms with Gasteiger partial charge in [0, 0.05) is 17.8 Å². The summed E-state index contributed by atoms with van der Waals surface area (Å²) in [4.78, 5) is 0. The summed E-state index contributed by atoms with van der Waals surface area (Å²) in [5, 5.41) is 3.46. The van der Waals surface area contributed by atoms with Crippen LogP contribution in [0.1, 0.15) is 16.7 Å². The monoisotopic (exact) mass is 255 g/mol. The summed E-state index contributed by atoms with van der Waals surface area (Å²) in [5.74, 6) is 1.69. The normalized spacial score (nSPS) is 12.5. The van der Waals surface area contributed by atoms with Crippen molar-refractivity contribution in [2.24, 2.45) is 0 Å². The molecule has 0 fully saturated rings. The molecule has 2 aromatic carbocycles. The largest absolute Gasteiger partial charge is 0.454 e. The van der Waals surface area contributed by atoms with Crippen LogP contribution in [0.15, 0.2) is 36.4 Å². The van der Waals surface area contributed by atoms with Gasteiger partial charge in [0.15, 0.2) is 11.5 Å². The van der Waals surface area contributed by atoms with Crippen LogP contribution in [0.2, 0.25) is 0 Å². The van der Waals surface area contributed by atoms with Crippen molar-refractivity contribution in [3.8, 4) is 11.5 Å². The molecule has 1 aliphatic rings. The fourth-order valence-corrected chi connectivity index (χ4v) is 2.26. The Bertz CT molecular complexity index is 608. The topological polar surface area (TPSA) is 30.5 Å². The summed E-state index contributed by atoms with van der Waals surface area (Å²) >= 11 is 0. The molecule has 98 valence electrons. The third kappa shape index (κ3) is 2.24. The lowest BCUT2D eigenvalue weighted by atomic mass is 10.1. The summed E-state index contributed by atoms with van der Waals surface area (Å²) in [5.41, 5.74) is 4.86. The molecule has 3 rings (SSSR count). The van der Waals surface area contributed by atoms with Gasteiger partial charge < -0.3 is 14.8 Å². The predicted molar refractivity (Wildman–Crippen MR) is 75.8 cm³/mol. The van der Waals surface area contributed by atoms with Crippen LogP contribution in [0.3, 0.4) is 0 Å². The number of ether oxygens (including phenoxy) is 2. The van der Waals surface area contributed by atoms with Crippen LogP contribution in [0.25, 0.3) is 0 Å². The molecule has 0 unspecified atom stereocenters. The van der Waals surface area contributed by atoms with Crippen molar-refractivity contribution in [1.29, 1.82) is 0 Å². The minimum absolute atomic E-state index is 0.315. The summed E-state index contributed by atoms with van der Waals surface area (Å²) in [6.07, 6.45) is 0. The molecule has 0 atom stereocenters. The lowest BCUT2D eigenvalue weighted by Crippen LogP contribution is -2.03. The second-order valence-corrected chi connectivity index (χ2v) is 4.75. The molecule has 1 N–H and O–H groups in total. The highest BCUT2D eigenvalue weighted by atomic mass is 16.7. The Morgan fingerprint density at radius 2 is 1.89 bits per heavy atom. The van der Waals surface area contributed by atoms with Gasteiger partial charge in [-0.05, 0) is 37.1 Å². The smallest absolute Gasteiger partial charge is 0.231 e. The predicted octanol–water partition coefficient (Wildman–Crippen LogP) is 3.64. The number of anilines is 1. The summed E-state index contributed by atoms with van der Waals surface area (Å²) < 4.78 is 10.9.